The van der Waals surface area contributed by atoms with E-state index in [0.717, 1.165) is 0 Å². The summed E-state index contributed by atoms with van der Waals surface area (Å²) in [7, 11) is 2.95. The van der Waals surface area contributed by atoms with E-state index >= 15 is 0 Å². The third kappa shape index (κ3) is 8.23. The highest BCUT2D eigenvalue weighted by Crippen LogP contribution is 2.25. The van der Waals surface area contributed by atoms with Gasteiger partial charge >= 0.3 is 12.1 Å². The van der Waals surface area contributed by atoms with Crippen molar-refractivity contribution in [2.24, 2.45) is 0 Å². The molecular weight excluding hydrogens is 374 g/mol. The van der Waals surface area contributed by atoms with Crippen molar-refractivity contribution >= 4 is 24.2 Å². The van der Waals surface area contributed by atoms with E-state index in [1.165, 1.54) is 25.3 Å². The van der Waals surface area contributed by atoms with Crippen molar-refractivity contribution in [1.82, 2.24) is 0 Å². The molecule has 1 aromatic carbocycles. The zero-order valence-corrected chi connectivity index (χ0v) is 16.1. The van der Waals surface area contributed by atoms with E-state index in [0.29, 0.717) is 25.3 Å². The minimum Gasteiger partial charge on any atom is -0.495 e. The summed E-state index contributed by atoms with van der Waals surface area (Å²) in [6.07, 6.45) is -1.37. The minimum atomic E-state index is -1.12. The van der Waals surface area contributed by atoms with Gasteiger partial charge in [-0.05, 0) is 18.2 Å². The molecule has 1 amide bonds. The van der Waals surface area contributed by atoms with Crippen LogP contribution in [0.15, 0.2) is 18.2 Å². The van der Waals surface area contributed by atoms with Gasteiger partial charge in [-0.2, -0.15) is 0 Å². The summed E-state index contributed by atoms with van der Waals surface area (Å²) >= 11 is 0. The topological polar surface area (TPSA) is 119 Å². The molecule has 28 heavy (non-hydrogen) atoms. The number of esters is 1. The molecule has 0 radical (unpaired) electrons. The van der Waals surface area contributed by atoms with E-state index in [-0.39, 0.29) is 30.9 Å². The van der Waals surface area contributed by atoms with Crippen LogP contribution in [0.25, 0.3) is 0 Å². The molecule has 0 aliphatic heterocycles. The number of hydrogen-bond donors (Lipinski definition) is 1. The summed E-state index contributed by atoms with van der Waals surface area (Å²) in [5.74, 6) is -0.443. The van der Waals surface area contributed by atoms with Crippen LogP contribution < -0.4 is 10.1 Å². The first-order chi connectivity index (χ1) is 13.5. The molecule has 0 heterocycles. The van der Waals surface area contributed by atoms with Gasteiger partial charge in [0.05, 0.1) is 38.2 Å². The van der Waals surface area contributed by atoms with Crippen LogP contribution >= 0.6 is 0 Å². The number of carbonyl (C=O) groups is 3. The first-order valence-electron chi connectivity index (χ1n) is 8.55. The summed E-state index contributed by atoms with van der Waals surface area (Å²) in [5, 5.41) is 2.45. The molecule has 0 aromatic heterocycles. The molecule has 0 aliphatic carbocycles. The number of amides is 1. The number of benzene rings is 1. The lowest BCUT2D eigenvalue weighted by atomic mass is 10.2. The molecule has 1 N–H and O–H groups in total. The maximum Gasteiger partial charge on any atom is 0.511 e. The number of rotatable bonds is 13. The van der Waals surface area contributed by atoms with Crippen LogP contribution in [0.3, 0.4) is 0 Å². The molecular formula is C18H25NO9. The van der Waals surface area contributed by atoms with Crippen LogP contribution in [0.4, 0.5) is 10.5 Å². The van der Waals surface area contributed by atoms with Gasteiger partial charge in [-0.15, -0.1) is 0 Å². The number of hydrogen-bond acceptors (Lipinski definition) is 9. The van der Waals surface area contributed by atoms with Crippen molar-refractivity contribution in [3.63, 3.8) is 0 Å². The molecule has 0 fully saturated rings. The van der Waals surface area contributed by atoms with E-state index < -0.39 is 18.4 Å². The van der Waals surface area contributed by atoms with Gasteiger partial charge in [-0.1, -0.05) is 6.92 Å². The van der Waals surface area contributed by atoms with Gasteiger partial charge < -0.3 is 33.7 Å². The van der Waals surface area contributed by atoms with Gasteiger partial charge in [0.2, 0.25) is 6.41 Å². The fourth-order valence-electron chi connectivity index (χ4n) is 1.95. The number of ether oxygens (including phenoxy) is 6. The lowest BCUT2D eigenvalue weighted by Gasteiger charge is -2.17. The maximum atomic E-state index is 12.3. The SMILES string of the molecule is CCC(OC(=O)OCCOCCOC)OC(=O)c1ccc(NC=O)c(OC)c1. The van der Waals surface area contributed by atoms with E-state index in [2.05, 4.69) is 5.32 Å². The Morgan fingerprint density at radius 2 is 1.86 bits per heavy atom. The van der Waals surface area contributed by atoms with Crippen LogP contribution in [0.2, 0.25) is 0 Å². The highest BCUT2D eigenvalue weighted by atomic mass is 16.8. The van der Waals surface area contributed by atoms with Crippen LogP contribution in [-0.2, 0) is 28.5 Å². The highest BCUT2D eigenvalue weighted by Gasteiger charge is 2.20. The Hall–Kier alpha value is -2.85. The van der Waals surface area contributed by atoms with Gasteiger partial charge in [-0.3, -0.25) is 4.79 Å². The number of carbonyl (C=O) groups excluding carboxylic acids is 3. The Morgan fingerprint density at radius 1 is 1.11 bits per heavy atom. The summed E-state index contributed by atoms with van der Waals surface area (Å²) in [6, 6.07) is 4.33. The normalized spacial score (nSPS) is 11.2. The average molecular weight is 399 g/mol. The Labute approximate surface area is 163 Å². The lowest BCUT2D eigenvalue weighted by Crippen LogP contribution is -2.25. The van der Waals surface area contributed by atoms with Gasteiger partial charge in [0.1, 0.15) is 12.4 Å². The smallest absolute Gasteiger partial charge is 0.495 e. The number of methoxy groups -OCH3 is 2. The summed E-state index contributed by atoms with van der Waals surface area (Å²) in [6.45, 7) is 2.69. The molecule has 0 spiro atoms. The van der Waals surface area contributed by atoms with E-state index in [1.54, 1.807) is 14.0 Å². The maximum absolute atomic E-state index is 12.3. The summed E-state index contributed by atoms with van der Waals surface area (Å²) < 4.78 is 30.0. The van der Waals surface area contributed by atoms with Crippen LogP contribution in [0.5, 0.6) is 5.75 Å². The van der Waals surface area contributed by atoms with Crippen molar-refractivity contribution in [3.05, 3.63) is 23.8 Å². The highest BCUT2D eigenvalue weighted by molar-refractivity contribution is 5.91. The van der Waals surface area contributed by atoms with Crippen molar-refractivity contribution in [2.75, 3.05) is 46.0 Å². The first-order valence-corrected chi connectivity index (χ1v) is 8.55. The second-order valence-corrected chi connectivity index (χ2v) is 5.24. The number of nitrogens with one attached hydrogen (secondary N) is 1. The molecule has 0 aliphatic rings. The predicted octanol–water partition coefficient (Wildman–Crippen LogP) is 1.97. The Morgan fingerprint density at radius 3 is 2.50 bits per heavy atom. The molecule has 1 unspecified atom stereocenters. The summed E-state index contributed by atoms with van der Waals surface area (Å²) in [5.41, 5.74) is 0.559. The Kier molecular flexibility index (Phi) is 11.0. The quantitative estimate of drug-likeness (QED) is 0.230. The van der Waals surface area contributed by atoms with Crippen molar-refractivity contribution in [3.8, 4) is 5.75 Å². The monoisotopic (exact) mass is 399 g/mol. The Balaban J connectivity index is 2.51. The van der Waals surface area contributed by atoms with E-state index in [9.17, 15) is 14.4 Å². The Bertz CT molecular complexity index is 635. The zero-order chi connectivity index (χ0) is 20.8. The molecule has 10 nitrogen and oxygen atoms in total. The summed E-state index contributed by atoms with van der Waals surface area (Å²) in [4.78, 5) is 34.5. The van der Waals surface area contributed by atoms with Gasteiger partial charge in [0.15, 0.2) is 0 Å². The molecule has 10 heteroatoms. The lowest BCUT2D eigenvalue weighted by molar-refractivity contribution is -0.105. The molecule has 1 atom stereocenters. The van der Waals surface area contributed by atoms with Crippen molar-refractivity contribution < 1.29 is 42.8 Å². The van der Waals surface area contributed by atoms with Gasteiger partial charge in [0.25, 0.3) is 6.29 Å². The fraction of sp³-hybridized carbons (Fsp3) is 0.500. The second-order valence-electron chi connectivity index (χ2n) is 5.24. The molecule has 0 saturated carbocycles. The largest absolute Gasteiger partial charge is 0.511 e. The fourth-order valence-corrected chi connectivity index (χ4v) is 1.95. The minimum absolute atomic E-state index is 0.00464. The van der Waals surface area contributed by atoms with Crippen molar-refractivity contribution in [1.29, 1.82) is 0 Å². The van der Waals surface area contributed by atoms with E-state index in [1.807, 2.05) is 0 Å². The molecule has 156 valence electrons. The van der Waals surface area contributed by atoms with Crippen LogP contribution in [0.1, 0.15) is 23.7 Å². The van der Waals surface area contributed by atoms with Crippen LogP contribution in [0, 0.1) is 0 Å². The third-order valence-electron chi connectivity index (χ3n) is 3.33. The van der Waals surface area contributed by atoms with Crippen molar-refractivity contribution in [2.45, 2.75) is 19.6 Å². The second kappa shape index (κ2) is 13.3. The standard InChI is InChI=1S/C18H25NO9/c1-4-16(28-18(22)26-10-9-25-8-7-23-2)27-17(21)13-5-6-14(19-12-20)15(11-13)24-3/h5-6,11-12,16H,4,7-10H2,1-3H3,(H,19,20). The van der Waals surface area contributed by atoms with Gasteiger partial charge in [0, 0.05) is 13.5 Å². The molecule has 1 aromatic rings. The van der Waals surface area contributed by atoms with Gasteiger partial charge in [-0.25, -0.2) is 9.59 Å². The molecule has 0 saturated heterocycles. The number of anilines is 1. The first kappa shape index (κ1) is 23.2. The third-order valence-corrected chi connectivity index (χ3v) is 3.33. The average Bonchev–Trinajstić information content (AvgIpc) is 2.70. The predicted molar refractivity (Wildman–Crippen MR) is 97.3 cm³/mol. The zero-order valence-electron chi connectivity index (χ0n) is 16.1. The van der Waals surface area contributed by atoms with Crippen LogP contribution in [-0.4, -0.2) is 65.5 Å². The molecule has 0 bridgehead atoms. The van der Waals surface area contributed by atoms with E-state index in [4.69, 9.17) is 28.4 Å². The molecule has 1 rings (SSSR count).